The monoisotopic (exact) mass is 398 g/mol. The maximum absolute atomic E-state index is 14.5. The first kappa shape index (κ1) is 19.1. The molecule has 0 spiro atoms. The lowest BCUT2D eigenvalue weighted by Gasteiger charge is -2.38. The maximum Gasteiger partial charge on any atom is 0.338 e. The molecule has 1 heterocycles. The molecule has 1 unspecified atom stereocenters. The lowest BCUT2D eigenvalue weighted by molar-refractivity contribution is -0.140. The molecule has 1 aromatic carbocycles. The predicted molar refractivity (Wildman–Crippen MR) is 100 cm³/mol. The highest BCUT2D eigenvalue weighted by atomic mass is 35.5. The van der Waals surface area contributed by atoms with Gasteiger partial charge in [0.25, 0.3) is 0 Å². The van der Waals surface area contributed by atoms with Gasteiger partial charge in [0, 0.05) is 29.4 Å². The van der Waals surface area contributed by atoms with Gasteiger partial charge in [-0.3, -0.25) is 0 Å². The number of halogens is 2. The smallest absolute Gasteiger partial charge is 0.338 e. The molecule has 1 atom stereocenters. The number of methoxy groups -OCH3 is 1. The minimum absolute atomic E-state index is 0.109. The maximum atomic E-state index is 14.5. The summed E-state index contributed by atoms with van der Waals surface area (Å²) in [6.45, 7) is 2.19. The SMILES string of the molecule is COCCOC(=O)C1=C(C)N(C2CC2)C(=S)NC1c1c(F)cccc1Cl. The zero-order valence-corrected chi connectivity index (χ0v) is 16.1. The van der Waals surface area contributed by atoms with E-state index in [1.54, 1.807) is 13.0 Å². The molecule has 26 heavy (non-hydrogen) atoms. The van der Waals surface area contributed by atoms with Crippen LogP contribution in [-0.2, 0) is 14.3 Å². The van der Waals surface area contributed by atoms with E-state index in [-0.39, 0.29) is 29.8 Å². The molecular formula is C18H20ClFN2O3S. The summed E-state index contributed by atoms with van der Waals surface area (Å²) in [5.41, 5.74) is 1.17. The van der Waals surface area contributed by atoms with Gasteiger partial charge in [0.15, 0.2) is 5.11 Å². The molecule has 0 saturated heterocycles. The van der Waals surface area contributed by atoms with E-state index in [0.29, 0.717) is 16.4 Å². The fourth-order valence-electron chi connectivity index (χ4n) is 3.09. The topological polar surface area (TPSA) is 50.8 Å². The lowest BCUT2D eigenvalue weighted by Crippen LogP contribution is -2.49. The number of thiocarbonyl (C=S) groups is 1. The summed E-state index contributed by atoms with van der Waals surface area (Å²) in [6.07, 6.45) is 1.99. The van der Waals surface area contributed by atoms with E-state index >= 15 is 0 Å². The van der Waals surface area contributed by atoms with Crippen molar-refractivity contribution in [3.63, 3.8) is 0 Å². The largest absolute Gasteiger partial charge is 0.460 e. The van der Waals surface area contributed by atoms with Gasteiger partial charge in [0.1, 0.15) is 12.4 Å². The number of esters is 1. The third-order valence-electron chi connectivity index (χ3n) is 4.47. The quantitative estimate of drug-likeness (QED) is 0.450. The van der Waals surface area contributed by atoms with Gasteiger partial charge in [-0.05, 0) is 44.1 Å². The first-order chi connectivity index (χ1) is 12.5. The molecule has 1 aliphatic heterocycles. The van der Waals surface area contributed by atoms with Crippen LogP contribution in [0.15, 0.2) is 29.5 Å². The zero-order valence-electron chi connectivity index (χ0n) is 14.6. The highest BCUT2D eigenvalue weighted by Gasteiger charge is 2.42. The van der Waals surface area contributed by atoms with Crippen molar-refractivity contribution in [2.24, 2.45) is 0 Å². The Hall–Kier alpha value is -1.70. The molecule has 3 rings (SSSR count). The van der Waals surface area contributed by atoms with E-state index < -0.39 is 17.8 Å². The van der Waals surface area contributed by atoms with E-state index in [2.05, 4.69) is 5.32 Å². The van der Waals surface area contributed by atoms with Crippen LogP contribution >= 0.6 is 23.8 Å². The van der Waals surface area contributed by atoms with Crippen LogP contribution in [0.2, 0.25) is 5.02 Å². The summed E-state index contributed by atoms with van der Waals surface area (Å²) in [7, 11) is 1.52. The number of rotatable bonds is 6. The van der Waals surface area contributed by atoms with Crippen LogP contribution in [0.5, 0.6) is 0 Å². The van der Waals surface area contributed by atoms with Crippen LogP contribution in [0.4, 0.5) is 4.39 Å². The zero-order chi connectivity index (χ0) is 18.8. The van der Waals surface area contributed by atoms with Crippen molar-refractivity contribution >= 4 is 34.9 Å². The summed E-state index contributed by atoms with van der Waals surface area (Å²) in [6, 6.07) is 3.87. The van der Waals surface area contributed by atoms with Crippen LogP contribution in [0.25, 0.3) is 0 Å². The average Bonchev–Trinajstić information content (AvgIpc) is 3.39. The third kappa shape index (κ3) is 3.70. The molecule has 8 heteroatoms. The Morgan fingerprint density at radius 3 is 2.77 bits per heavy atom. The van der Waals surface area contributed by atoms with Crippen molar-refractivity contribution in [1.29, 1.82) is 0 Å². The fourth-order valence-corrected chi connectivity index (χ4v) is 3.77. The number of nitrogens with zero attached hydrogens (tertiary/aromatic N) is 1. The molecule has 2 aliphatic rings. The van der Waals surface area contributed by atoms with Gasteiger partial charge in [0.05, 0.1) is 18.2 Å². The molecule has 1 aliphatic carbocycles. The molecule has 1 fully saturated rings. The Morgan fingerprint density at radius 2 is 2.15 bits per heavy atom. The molecule has 1 N–H and O–H groups in total. The number of carbonyl (C=O) groups is 1. The van der Waals surface area contributed by atoms with Crippen molar-refractivity contribution in [1.82, 2.24) is 10.2 Å². The minimum Gasteiger partial charge on any atom is -0.460 e. The Kier molecular flexibility index (Phi) is 5.79. The number of benzene rings is 1. The Balaban J connectivity index is 2.03. The van der Waals surface area contributed by atoms with Crippen LogP contribution in [0.1, 0.15) is 31.4 Å². The molecule has 0 radical (unpaired) electrons. The van der Waals surface area contributed by atoms with E-state index in [1.807, 2.05) is 4.90 Å². The van der Waals surface area contributed by atoms with Gasteiger partial charge in [-0.2, -0.15) is 0 Å². The molecule has 1 saturated carbocycles. The van der Waals surface area contributed by atoms with Gasteiger partial charge >= 0.3 is 5.97 Å². The second kappa shape index (κ2) is 7.90. The standard InChI is InChI=1S/C18H20ClFN2O3S/c1-10-14(17(23)25-9-8-24-2)16(15-12(19)4-3-5-13(15)20)21-18(26)22(10)11-6-7-11/h3-5,11,16H,6-9H2,1-2H3,(H,21,26). The Labute approximate surface area is 162 Å². The van der Waals surface area contributed by atoms with Crippen molar-refractivity contribution in [3.05, 3.63) is 45.9 Å². The van der Waals surface area contributed by atoms with Crippen molar-refractivity contribution in [2.75, 3.05) is 20.3 Å². The number of ether oxygens (including phenoxy) is 2. The van der Waals surface area contributed by atoms with Gasteiger partial charge in [-0.15, -0.1) is 0 Å². The first-order valence-corrected chi connectivity index (χ1v) is 9.14. The van der Waals surface area contributed by atoms with Crippen LogP contribution in [0, 0.1) is 5.82 Å². The number of allylic oxidation sites excluding steroid dienone is 1. The number of nitrogens with one attached hydrogen (secondary N) is 1. The molecule has 1 aromatic rings. The highest BCUT2D eigenvalue weighted by molar-refractivity contribution is 7.80. The summed E-state index contributed by atoms with van der Waals surface area (Å²) in [5, 5.41) is 3.76. The summed E-state index contributed by atoms with van der Waals surface area (Å²) >= 11 is 11.7. The van der Waals surface area contributed by atoms with Gasteiger partial charge < -0.3 is 19.7 Å². The summed E-state index contributed by atoms with van der Waals surface area (Å²) in [4.78, 5) is 14.7. The van der Waals surface area contributed by atoms with Crippen LogP contribution in [-0.4, -0.2) is 42.3 Å². The van der Waals surface area contributed by atoms with Crippen LogP contribution in [0.3, 0.4) is 0 Å². The second-order valence-electron chi connectivity index (χ2n) is 6.25. The van der Waals surface area contributed by atoms with Crippen molar-refractivity contribution in [3.8, 4) is 0 Å². The fraction of sp³-hybridized carbons (Fsp3) is 0.444. The third-order valence-corrected chi connectivity index (χ3v) is 5.11. The normalized spacial score (nSPS) is 20.2. The Bertz CT molecular complexity index is 747. The number of hydrogen-bond donors (Lipinski definition) is 1. The number of carbonyl (C=O) groups excluding carboxylic acids is 1. The first-order valence-electron chi connectivity index (χ1n) is 8.36. The molecule has 0 aromatic heterocycles. The molecular weight excluding hydrogens is 379 g/mol. The average molecular weight is 399 g/mol. The molecule has 5 nitrogen and oxygen atoms in total. The summed E-state index contributed by atoms with van der Waals surface area (Å²) in [5.74, 6) is -1.04. The van der Waals surface area contributed by atoms with Gasteiger partial charge in [-0.1, -0.05) is 17.7 Å². The molecule has 0 bridgehead atoms. The van der Waals surface area contributed by atoms with E-state index in [9.17, 15) is 9.18 Å². The minimum atomic E-state index is -0.804. The lowest BCUT2D eigenvalue weighted by atomic mass is 9.94. The van der Waals surface area contributed by atoms with E-state index in [4.69, 9.17) is 33.3 Å². The van der Waals surface area contributed by atoms with Crippen molar-refractivity contribution in [2.45, 2.75) is 31.8 Å². The number of hydrogen-bond acceptors (Lipinski definition) is 4. The summed E-state index contributed by atoms with van der Waals surface area (Å²) < 4.78 is 24.8. The highest BCUT2D eigenvalue weighted by Crippen LogP contribution is 2.40. The molecule has 0 amide bonds. The van der Waals surface area contributed by atoms with Gasteiger partial charge in [0.2, 0.25) is 0 Å². The van der Waals surface area contributed by atoms with E-state index in [1.165, 1.54) is 19.2 Å². The van der Waals surface area contributed by atoms with E-state index in [0.717, 1.165) is 12.8 Å². The predicted octanol–water partition coefficient (Wildman–Crippen LogP) is 3.34. The Morgan fingerprint density at radius 1 is 1.42 bits per heavy atom. The molecule has 140 valence electrons. The second-order valence-corrected chi connectivity index (χ2v) is 7.04. The van der Waals surface area contributed by atoms with Gasteiger partial charge in [-0.25, -0.2) is 9.18 Å². The van der Waals surface area contributed by atoms with Crippen LogP contribution < -0.4 is 5.32 Å². The van der Waals surface area contributed by atoms with Crippen molar-refractivity contribution < 1.29 is 18.7 Å².